The molecule has 0 N–H and O–H groups in total. The molecule has 0 saturated carbocycles. The van der Waals surface area contributed by atoms with Gasteiger partial charge in [0.1, 0.15) is 23.9 Å². The minimum absolute atomic E-state index is 0.0406. The van der Waals surface area contributed by atoms with Crippen molar-refractivity contribution in [2.24, 2.45) is 0 Å². The molecule has 29 heavy (non-hydrogen) atoms. The van der Waals surface area contributed by atoms with Gasteiger partial charge < -0.3 is 23.5 Å². The van der Waals surface area contributed by atoms with Crippen molar-refractivity contribution in [2.45, 2.75) is 45.5 Å². The molecule has 1 fully saturated rings. The van der Waals surface area contributed by atoms with E-state index in [2.05, 4.69) is 0 Å². The molecule has 1 aliphatic rings. The first-order chi connectivity index (χ1) is 13.6. The highest BCUT2D eigenvalue weighted by Crippen LogP contribution is 2.37. The van der Waals surface area contributed by atoms with Crippen molar-refractivity contribution in [3.05, 3.63) is 47.5 Å². The molecule has 2 aromatic rings. The van der Waals surface area contributed by atoms with Crippen LogP contribution in [-0.2, 0) is 15.9 Å². The Hall–Kier alpha value is -2.32. The third-order valence-corrected chi connectivity index (χ3v) is 5.39. The van der Waals surface area contributed by atoms with Crippen LogP contribution in [0, 0.1) is 11.6 Å². The smallest absolute Gasteiger partial charge is 0.497 e. The molecule has 0 amide bonds. The largest absolute Gasteiger partial charge is 0.501 e. The summed E-state index contributed by atoms with van der Waals surface area (Å²) in [6, 6.07) is 7.61. The fourth-order valence-electron chi connectivity index (χ4n) is 2.95. The van der Waals surface area contributed by atoms with Gasteiger partial charge in [-0.05, 0) is 57.5 Å². The second-order valence-electron chi connectivity index (χ2n) is 7.87. The van der Waals surface area contributed by atoms with E-state index in [0.717, 1.165) is 6.07 Å². The van der Waals surface area contributed by atoms with E-state index < -0.39 is 30.0 Å². The van der Waals surface area contributed by atoms with Gasteiger partial charge in [-0.2, -0.15) is 0 Å². The maximum Gasteiger partial charge on any atom is 0.501 e. The summed E-state index contributed by atoms with van der Waals surface area (Å²) in [5, 5.41) is 0. The second kappa shape index (κ2) is 7.84. The summed E-state index contributed by atoms with van der Waals surface area (Å²) in [6.45, 7) is 7.32. The van der Waals surface area contributed by atoms with Crippen LogP contribution in [-0.4, -0.2) is 32.5 Å². The van der Waals surface area contributed by atoms with E-state index in [4.69, 9.17) is 23.5 Å². The van der Waals surface area contributed by atoms with Crippen LogP contribution in [0.4, 0.5) is 8.78 Å². The Bertz CT molecular complexity index is 863. The van der Waals surface area contributed by atoms with Gasteiger partial charge in [-0.3, -0.25) is 0 Å². The van der Waals surface area contributed by atoms with Crippen LogP contribution >= 0.6 is 0 Å². The van der Waals surface area contributed by atoms with Crippen molar-refractivity contribution in [3.8, 4) is 17.2 Å². The first-order valence-corrected chi connectivity index (χ1v) is 9.26. The lowest BCUT2D eigenvalue weighted by atomic mass is 9.78. The van der Waals surface area contributed by atoms with Gasteiger partial charge in [0.15, 0.2) is 11.6 Å². The molecule has 8 heteroatoms. The van der Waals surface area contributed by atoms with Crippen LogP contribution in [0.15, 0.2) is 30.3 Å². The fraction of sp³-hybridized carbons (Fsp3) is 0.429. The number of methoxy groups -OCH3 is 2. The lowest BCUT2D eigenvalue weighted by molar-refractivity contribution is 0.00578. The molecular formula is C21H25BF2O5. The van der Waals surface area contributed by atoms with Gasteiger partial charge in [0.25, 0.3) is 0 Å². The van der Waals surface area contributed by atoms with Crippen LogP contribution in [0.3, 0.4) is 0 Å². The van der Waals surface area contributed by atoms with E-state index in [-0.39, 0.29) is 17.8 Å². The second-order valence-corrected chi connectivity index (χ2v) is 7.87. The van der Waals surface area contributed by atoms with Crippen LogP contribution in [0.5, 0.6) is 17.2 Å². The van der Waals surface area contributed by atoms with Gasteiger partial charge in [-0.1, -0.05) is 0 Å². The molecule has 0 atom stereocenters. The summed E-state index contributed by atoms with van der Waals surface area (Å²) in [4.78, 5) is 0. The average molecular weight is 406 g/mol. The zero-order chi connectivity index (χ0) is 21.4. The molecule has 0 spiro atoms. The Morgan fingerprint density at radius 2 is 1.45 bits per heavy atom. The molecule has 0 radical (unpaired) electrons. The SMILES string of the molecule is COc1cc(COc2ccc(F)c(B3OC(C)(C)C(C)(C)O3)c2F)cc(OC)c1. The van der Waals surface area contributed by atoms with Gasteiger partial charge in [0.2, 0.25) is 0 Å². The molecule has 0 aliphatic carbocycles. The highest BCUT2D eigenvalue weighted by Gasteiger charge is 2.53. The van der Waals surface area contributed by atoms with Crippen molar-refractivity contribution in [1.29, 1.82) is 0 Å². The van der Waals surface area contributed by atoms with E-state index in [1.165, 1.54) is 20.3 Å². The Balaban J connectivity index is 1.85. The van der Waals surface area contributed by atoms with E-state index in [1.807, 2.05) is 27.7 Å². The molecule has 156 valence electrons. The van der Waals surface area contributed by atoms with Gasteiger partial charge in [0, 0.05) is 6.07 Å². The molecule has 1 saturated heterocycles. The molecule has 0 unspecified atom stereocenters. The predicted octanol–water partition coefficient (Wildman–Crippen LogP) is 3.86. The Morgan fingerprint density at radius 3 is 1.97 bits per heavy atom. The Morgan fingerprint density at radius 1 is 0.897 bits per heavy atom. The molecule has 5 nitrogen and oxygen atoms in total. The monoisotopic (exact) mass is 406 g/mol. The predicted molar refractivity (Wildman–Crippen MR) is 106 cm³/mol. The summed E-state index contributed by atoms with van der Waals surface area (Å²) in [5.41, 5.74) is -1.03. The molecule has 0 bridgehead atoms. The van der Waals surface area contributed by atoms with Crippen molar-refractivity contribution in [3.63, 3.8) is 0 Å². The summed E-state index contributed by atoms with van der Waals surface area (Å²) >= 11 is 0. The van der Waals surface area contributed by atoms with Crippen molar-refractivity contribution in [2.75, 3.05) is 14.2 Å². The number of hydrogen-bond donors (Lipinski definition) is 0. The maximum absolute atomic E-state index is 15.1. The molecule has 3 rings (SSSR count). The van der Waals surface area contributed by atoms with Gasteiger partial charge in [-0.15, -0.1) is 0 Å². The van der Waals surface area contributed by atoms with E-state index in [0.29, 0.717) is 17.1 Å². The maximum atomic E-state index is 15.1. The topological polar surface area (TPSA) is 46.2 Å². The number of benzene rings is 2. The number of ether oxygens (including phenoxy) is 3. The third kappa shape index (κ3) is 4.18. The van der Waals surface area contributed by atoms with Gasteiger partial charge in [0.05, 0.1) is 30.9 Å². The lowest BCUT2D eigenvalue weighted by Crippen LogP contribution is -2.41. The molecule has 2 aromatic carbocycles. The highest BCUT2D eigenvalue weighted by atomic mass is 19.1. The minimum atomic E-state index is -1.17. The number of halogens is 2. The van der Waals surface area contributed by atoms with Crippen molar-refractivity contribution >= 4 is 12.6 Å². The quantitative estimate of drug-likeness (QED) is 0.682. The zero-order valence-corrected chi connectivity index (χ0v) is 17.5. The average Bonchev–Trinajstić information content (AvgIpc) is 2.87. The molecule has 1 aliphatic heterocycles. The Labute approximate surface area is 170 Å². The highest BCUT2D eigenvalue weighted by molar-refractivity contribution is 6.62. The Kier molecular flexibility index (Phi) is 5.78. The van der Waals surface area contributed by atoms with Crippen molar-refractivity contribution < 1.29 is 32.3 Å². The third-order valence-electron chi connectivity index (χ3n) is 5.39. The number of rotatable bonds is 6. The van der Waals surface area contributed by atoms with E-state index in [1.54, 1.807) is 18.2 Å². The summed E-state index contributed by atoms with van der Waals surface area (Å²) in [5.74, 6) is -0.534. The van der Waals surface area contributed by atoms with Crippen LogP contribution in [0.2, 0.25) is 0 Å². The zero-order valence-electron chi connectivity index (χ0n) is 17.5. The van der Waals surface area contributed by atoms with E-state index >= 15 is 4.39 Å². The van der Waals surface area contributed by atoms with Gasteiger partial charge >= 0.3 is 7.12 Å². The van der Waals surface area contributed by atoms with E-state index in [9.17, 15) is 4.39 Å². The van der Waals surface area contributed by atoms with Crippen LogP contribution < -0.4 is 19.7 Å². The minimum Gasteiger partial charge on any atom is -0.497 e. The first kappa shape index (κ1) is 21.4. The number of hydrogen-bond acceptors (Lipinski definition) is 5. The standard InChI is InChI=1S/C21H25BF2O5/c1-20(2)21(3,4)29-22(28-20)18-16(23)7-8-17(19(18)24)27-12-13-9-14(25-5)11-15(10-13)26-6/h7-11H,12H2,1-6H3. The summed E-state index contributed by atoms with van der Waals surface area (Å²) in [6.07, 6.45) is 0. The lowest BCUT2D eigenvalue weighted by Gasteiger charge is -2.32. The first-order valence-electron chi connectivity index (χ1n) is 9.26. The summed E-state index contributed by atoms with van der Waals surface area (Å²) in [7, 11) is 1.91. The molecular weight excluding hydrogens is 381 g/mol. The molecule has 0 aromatic heterocycles. The van der Waals surface area contributed by atoms with Crippen LogP contribution in [0.25, 0.3) is 0 Å². The normalized spacial score (nSPS) is 17.3. The summed E-state index contributed by atoms with van der Waals surface area (Å²) < 4.78 is 57.2. The van der Waals surface area contributed by atoms with Gasteiger partial charge in [-0.25, -0.2) is 8.78 Å². The van der Waals surface area contributed by atoms with Crippen LogP contribution in [0.1, 0.15) is 33.3 Å². The molecule has 1 heterocycles. The fourth-order valence-corrected chi connectivity index (χ4v) is 2.95. The van der Waals surface area contributed by atoms with Crippen molar-refractivity contribution in [1.82, 2.24) is 0 Å².